The molecular formula is C13H8N4O2S. The molecule has 1 heterocycles. The average molecular weight is 284 g/mol. The van der Waals surface area contributed by atoms with Gasteiger partial charge in [-0.25, -0.2) is 0 Å². The fourth-order valence-corrected chi connectivity index (χ4v) is 2.35. The Hall–Kier alpha value is -2.90. The molecule has 0 bridgehead atoms. The molecule has 98 valence electrons. The van der Waals surface area contributed by atoms with Crippen molar-refractivity contribution in [2.75, 3.05) is 5.32 Å². The normalized spacial score (nSPS) is 9.50. The maximum Gasteiger partial charge on any atom is 0.324 e. The summed E-state index contributed by atoms with van der Waals surface area (Å²) in [7, 11) is 0. The lowest BCUT2D eigenvalue weighted by molar-refractivity contribution is -0.380. The highest BCUT2D eigenvalue weighted by molar-refractivity contribution is 7.15. The Labute approximate surface area is 118 Å². The van der Waals surface area contributed by atoms with Crippen LogP contribution in [0.2, 0.25) is 0 Å². The first-order valence-corrected chi connectivity index (χ1v) is 6.37. The third kappa shape index (κ3) is 2.91. The number of thiophene rings is 1. The van der Waals surface area contributed by atoms with Crippen LogP contribution in [0.15, 0.2) is 30.3 Å². The van der Waals surface area contributed by atoms with E-state index in [1.54, 1.807) is 24.3 Å². The summed E-state index contributed by atoms with van der Waals surface area (Å²) >= 11 is 1.10. The topological polar surface area (TPSA) is 103 Å². The molecule has 0 saturated heterocycles. The lowest BCUT2D eigenvalue weighted by Crippen LogP contribution is -1.98. The van der Waals surface area contributed by atoms with Crippen LogP contribution in [0.3, 0.4) is 0 Å². The van der Waals surface area contributed by atoms with Gasteiger partial charge in [0.15, 0.2) is 0 Å². The van der Waals surface area contributed by atoms with Crippen LogP contribution in [0.4, 0.5) is 10.7 Å². The number of nitriles is 2. The molecule has 0 aliphatic carbocycles. The molecule has 0 radical (unpaired) electrons. The third-order valence-corrected chi connectivity index (χ3v) is 3.59. The summed E-state index contributed by atoms with van der Waals surface area (Å²) in [5, 5.41) is 31.5. The Morgan fingerprint density at radius 3 is 2.55 bits per heavy atom. The fourth-order valence-electron chi connectivity index (χ4n) is 1.59. The molecular weight excluding hydrogens is 276 g/mol. The van der Waals surface area contributed by atoms with Gasteiger partial charge in [-0.15, -0.1) is 0 Å². The summed E-state index contributed by atoms with van der Waals surface area (Å²) in [6, 6.07) is 11.9. The number of anilines is 1. The van der Waals surface area contributed by atoms with Crippen LogP contribution in [-0.4, -0.2) is 4.92 Å². The Bertz CT molecular complexity index is 740. The summed E-state index contributed by atoms with van der Waals surface area (Å²) in [5.74, 6) is 0. The van der Waals surface area contributed by atoms with Crippen molar-refractivity contribution in [3.8, 4) is 12.1 Å². The maximum absolute atomic E-state index is 10.6. The van der Waals surface area contributed by atoms with Crippen LogP contribution in [0.1, 0.15) is 16.0 Å². The van der Waals surface area contributed by atoms with Crippen molar-refractivity contribution in [3.05, 3.63) is 56.5 Å². The Morgan fingerprint density at radius 2 is 1.95 bits per heavy atom. The number of hydrogen-bond donors (Lipinski definition) is 1. The molecule has 0 unspecified atom stereocenters. The number of nitro groups is 1. The Kier molecular flexibility index (Phi) is 3.94. The zero-order valence-electron chi connectivity index (χ0n) is 10.2. The van der Waals surface area contributed by atoms with Crippen LogP contribution in [0.5, 0.6) is 0 Å². The predicted molar refractivity (Wildman–Crippen MR) is 74.2 cm³/mol. The molecule has 2 rings (SSSR count). The van der Waals surface area contributed by atoms with E-state index >= 15 is 0 Å². The second-order valence-electron chi connectivity index (χ2n) is 3.83. The zero-order valence-corrected chi connectivity index (χ0v) is 11.0. The predicted octanol–water partition coefficient (Wildman–Crippen LogP) is 3.01. The van der Waals surface area contributed by atoms with Crippen molar-refractivity contribution in [3.63, 3.8) is 0 Å². The maximum atomic E-state index is 10.6. The van der Waals surface area contributed by atoms with Crippen LogP contribution in [0, 0.1) is 32.8 Å². The molecule has 0 atom stereocenters. The van der Waals surface area contributed by atoms with E-state index < -0.39 is 4.92 Å². The molecule has 0 aliphatic heterocycles. The quantitative estimate of drug-likeness (QED) is 0.686. The van der Waals surface area contributed by atoms with Gasteiger partial charge in [-0.05, 0) is 24.3 Å². The van der Waals surface area contributed by atoms with Gasteiger partial charge in [0.05, 0.1) is 16.1 Å². The number of hydrogen-bond acceptors (Lipinski definition) is 6. The molecule has 1 N–H and O–H groups in total. The molecule has 0 fully saturated rings. The first-order valence-electron chi connectivity index (χ1n) is 5.55. The van der Waals surface area contributed by atoms with E-state index in [1.165, 1.54) is 6.07 Å². The lowest BCUT2D eigenvalue weighted by atomic mass is 10.1. The molecule has 20 heavy (non-hydrogen) atoms. The van der Waals surface area contributed by atoms with Gasteiger partial charge in [0, 0.05) is 23.2 Å². The highest BCUT2D eigenvalue weighted by Gasteiger charge is 2.09. The summed E-state index contributed by atoms with van der Waals surface area (Å²) in [6.07, 6.45) is 0. The molecule has 0 spiro atoms. The van der Waals surface area contributed by atoms with E-state index in [0.29, 0.717) is 23.4 Å². The molecule has 0 aliphatic rings. The van der Waals surface area contributed by atoms with E-state index in [2.05, 4.69) is 5.32 Å². The first kappa shape index (κ1) is 13.5. The molecule has 7 heteroatoms. The minimum atomic E-state index is -0.427. The van der Waals surface area contributed by atoms with E-state index in [1.807, 2.05) is 12.1 Å². The van der Waals surface area contributed by atoms with E-state index in [0.717, 1.165) is 16.2 Å². The summed E-state index contributed by atoms with van der Waals surface area (Å²) in [5.41, 5.74) is 1.32. The van der Waals surface area contributed by atoms with Gasteiger partial charge in [-0.3, -0.25) is 10.1 Å². The largest absolute Gasteiger partial charge is 0.380 e. The molecule has 0 amide bonds. The van der Waals surface area contributed by atoms with Gasteiger partial charge in [0.2, 0.25) is 0 Å². The minimum Gasteiger partial charge on any atom is -0.380 e. The zero-order chi connectivity index (χ0) is 14.5. The molecule has 6 nitrogen and oxygen atoms in total. The van der Waals surface area contributed by atoms with E-state index in [-0.39, 0.29) is 5.00 Å². The van der Waals surface area contributed by atoms with Gasteiger partial charge in [-0.1, -0.05) is 11.3 Å². The van der Waals surface area contributed by atoms with Gasteiger partial charge in [0.1, 0.15) is 12.1 Å². The van der Waals surface area contributed by atoms with Crippen LogP contribution in [0.25, 0.3) is 0 Å². The average Bonchev–Trinajstić information content (AvgIpc) is 2.94. The summed E-state index contributed by atoms with van der Waals surface area (Å²) in [4.78, 5) is 11.0. The minimum absolute atomic E-state index is 0.0966. The van der Waals surface area contributed by atoms with E-state index in [9.17, 15) is 10.1 Å². The highest BCUT2D eigenvalue weighted by Crippen LogP contribution is 2.25. The second-order valence-corrected chi connectivity index (χ2v) is 4.98. The monoisotopic (exact) mass is 284 g/mol. The Morgan fingerprint density at radius 1 is 1.20 bits per heavy atom. The van der Waals surface area contributed by atoms with Crippen molar-refractivity contribution >= 4 is 22.0 Å². The van der Waals surface area contributed by atoms with Gasteiger partial charge < -0.3 is 5.32 Å². The smallest absolute Gasteiger partial charge is 0.324 e. The van der Waals surface area contributed by atoms with Crippen LogP contribution in [-0.2, 0) is 6.54 Å². The van der Waals surface area contributed by atoms with Crippen molar-refractivity contribution in [1.82, 2.24) is 0 Å². The van der Waals surface area contributed by atoms with Gasteiger partial charge >= 0.3 is 5.00 Å². The number of rotatable bonds is 4. The number of nitrogens with one attached hydrogen (secondary N) is 1. The summed E-state index contributed by atoms with van der Waals surface area (Å²) < 4.78 is 0. The van der Waals surface area contributed by atoms with Crippen molar-refractivity contribution in [2.45, 2.75) is 6.54 Å². The molecule has 1 aromatic carbocycles. The highest BCUT2D eigenvalue weighted by atomic mass is 32.1. The van der Waals surface area contributed by atoms with Gasteiger partial charge in [0.25, 0.3) is 0 Å². The lowest BCUT2D eigenvalue weighted by Gasteiger charge is -2.05. The molecule has 0 saturated carbocycles. The van der Waals surface area contributed by atoms with Crippen LogP contribution >= 0.6 is 11.3 Å². The molecule has 2 aromatic rings. The summed E-state index contributed by atoms with van der Waals surface area (Å²) in [6.45, 7) is 0.426. The third-order valence-electron chi connectivity index (χ3n) is 2.55. The van der Waals surface area contributed by atoms with Crippen molar-refractivity contribution in [1.29, 1.82) is 10.5 Å². The molecule has 1 aromatic heterocycles. The number of nitrogens with zero attached hydrogens (tertiary/aromatic N) is 3. The van der Waals surface area contributed by atoms with Crippen molar-refractivity contribution < 1.29 is 4.92 Å². The SMILES string of the molecule is N#Cc1ccc(NCc2ccc([N+](=O)[O-])s2)cc1C#N. The van der Waals surface area contributed by atoms with Crippen molar-refractivity contribution in [2.24, 2.45) is 0 Å². The second kappa shape index (κ2) is 5.83. The standard InChI is InChI=1S/C13H8N4O2S/c14-6-9-1-2-11(5-10(9)7-15)16-8-12-3-4-13(20-12)17(18)19/h1-5,16H,8H2. The first-order chi connectivity index (χ1) is 9.63. The van der Waals surface area contributed by atoms with E-state index in [4.69, 9.17) is 10.5 Å². The van der Waals surface area contributed by atoms with Crippen LogP contribution < -0.4 is 5.32 Å². The fraction of sp³-hybridized carbons (Fsp3) is 0.0769. The number of benzene rings is 1. The Balaban J connectivity index is 2.09. The van der Waals surface area contributed by atoms with Gasteiger partial charge in [-0.2, -0.15) is 10.5 Å².